The Morgan fingerprint density at radius 2 is 0.791 bits per heavy atom. The van der Waals surface area contributed by atoms with E-state index in [1.54, 1.807) is 0 Å². The van der Waals surface area contributed by atoms with Crippen molar-refractivity contribution in [2.75, 3.05) is 0 Å². The quantitative estimate of drug-likeness (QED) is 0.156. The number of furan rings is 1. The first-order chi connectivity index (χ1) is 21.3. The van der Waals surface area contributed by atoms with Crippen molar-refractivity contribution in [3.05, 3.63) is 146 Å². The third kappa shape index (κ3) is 3.11. The van der Waals surface area contributed by atoms with Crippen LogP contribution in [0, 0.1) is 0 Å². The molecule has 0 aliphatic carbocycles. The largest absolute Gasteiger partial charge is 0.455 e. The van der Waals surface area contributed by atoms with E-state index in [0.29, 0.717) is 0 Å². The molecular weight excluding hydrogens is 520 g/mol. The number of hydrogen-bond acceptors (Lipinski definition) is 1. The number of hydrogen-bond donors (Lipinski definition) is 0. The van der Waals surface area contributed by atoms with Crippen molar-refractivity contribution in [1.82, 2.24) is 0 Å². The molecule has 0 spiro atoms. The highest BCUT2D eigenvalue weighted by molar-refractivity contribution is 6.40. The summed E-state index contributed by atoms with van der Waals surface area (Å²) < 4.78 is 6.41. The Labute approximate surface area is 247 Å². The summed E-state index contributed by atoms with van der Waals surface area (Å²) in [7, 11) is 0. The summed E-state index contributed by atoms with van der Waals surface area (Å²) in [5, 5.41) is 15.5. The van der Waals surface area contributed by atoms with Crippen LogP contribution in [0.5, 0.6) is 0 Å². The summed E-state index contributed by atoms with van der Waals surface area (Å²) >= 11 is 0. The highest BCUT2D eigenvalue weighted by atomic mass is 16.3. The molecule has 1 heterocycles. The first-order valence-electron chi connectivity index (χ1n) is 14.9. The van der Waals surface area contributed by atoms with Crippen molar-refractivity contribution < 1.29 is 4.42 Å². The monoisotopic (exact) mass is 544 g/mol. The predicted octanol–water partition coefficient (Wildman–Crippen LogP) is 12.1. The topological polar surface area (TPSA) is 13.1 Å². The third-order valence-corrected chi connectivity index (χ3v) is 9.38. The van der Waals surface area contributed by atoms with E-state index in [0.717, 1.165) is 33.1 Å². The molecule has 1 heteroatoms. The molecule has 0 amide bonds. The van der Waals surface area contributed by atoms with Crippen molar-refractivity contribution in [2.45, 2.75) is 0 Å². The van der Waals surface area contributed by atoms with Crippen molar-refractivity contribution in [3.63, 3.8) is 0 Å². The standard InChI is InChI=1S/C42H24O/c1-3-14-31-29(12-1)34-18-9-19-35-30-13-2-4-15-32(30)38-24-27(23-37(31)41(38)40(34)35)25-10-7-11-26(22-25)28-17-8-20-36-33-16-5-6-21-39(33)43-42(28)36/h1-24H. The van der Waals surface area contributed by atoms with Crippen LogP contribution in [-0.4, -0.2) is 0 Å². The van der Waals surface area contributed by atoms with Crippen molar-refractivity contribution in [2.24, 2.45) is 0 Å². The number of para-hydroxylation sites is 2. The molecule has 0 aliphatic rings. The van der Waals surface area contributed by atoms with E-state index in [1.807, 2.05) is 12.1 Å². The summed E-state index contributed by atoms with van der Waals surface area (Å²) in [6.07, 6.45) is 0. The zero-order valence-electron chi connectivity index (χ0n) is 23.3. The van der Waals surface area contributed by atoms with Gasteiger partial charge in [-0.2, -0.15) is 0 Å². The van der Waals surface area contributed by atoms with Crippen LogP contribution in [0.3, 0.4) is 0 Å². The molecular formula is C42H24O. The molecule has 0 aliphatic heterocycles. The number of fused-ring (bicyclic) bond motifs is 9. The zero-order chi connectivity index (χ0) is 28.1. The summed E-state index contributed by atoms with van der Waals surface area (Å²) in [5.74, 6) is 0. The van der Waals surface area contributed by atoms with Gasteiger partial charge in [0.05, 0.1) is 0 Å². The summed E-state index contributed by atoms with van der Waals surface area (Å²) in [6.45, 7) is 0. The number of benzene rings is 9. The first-order valence-corrected chi connectivity index (χ1v) is 14.9. The molecule has 10 aromatic rings. The third-order valence-electron chi connectivity index (χ3n) is 9.38. The molecule has 0 saturated heterocycles. The lowest BCUT2D eigenvalue weighted by atomic mass is 9.84. The lowest BCUT2D eigenvalue weighted by Gasteiger charge is -2.19. The average molecular weight is 545 g/mol. The van der Waals surface area contributed by atoms with Gasteiger partial charge in [-0.25, -0.2) is 0 Å². The van der Waals surface area contributed by atoms with E-state index >= 15 is 0 Å². The van der Waals surface area contributed by atoms with Gasteiger partial charge in [0, 0.05) is 16.3 Å². The van der Waals surface area contributed by atoms with Gasteiger partial charge < -0.3 is 4.42 Å². The Kier molecular flexibility index (Phi) is 4.51. The first kappa shape index (κ1) is 23.0. The molecule has 1 nitrogen and oxygen atoms in total. The van der Waals surface area contributed by atoms with Gasteiger partial charge in [0.25, 0.3) is 0 Å². The summed E-state index contributed by atoms with van der Waals surface area (Å²) in [5.41, 5.74) is 6.55. The van der Waals surface area contributed by atoms with E-state index in [-0.39, 0.29) is 0 Å². The van der Waals surface area contributed by atoms with Gasteiger partial charge in [0.15, 0.2) is 0 Å². The molecule has 0 radical (unpaired) electrons. The smallest absolute Gasteiger partial charge is 0.143 e. The fourth-order valence-corrected chi connectivity index (χ4v) is 7.52. The fraction of sp³-hybridized carbons (Fsp3) is 0. The highest BCUT2D eigenvalue weighted by Gasteiger charge is 2.18. The van der Waals surface area contributed by atoms with Crippen LogP contribution in [0.2, 0.25) is 0 Å². The van der Waals surface area contributed by atoms with E-state index in [2.05, 4.69) is 133 Å². The minimum Gasteiger partial charge on any atom is -0.455 e. The lowest BCUT2D eigenvalue weighted by Crippen LogP contribution is -1.91. The minimum atomic E-state index is 0.923. The second-order valence-corrected chi connectivity index (χ2v) is 11.6. The van der Waals surface area contributed by atoms with Crippen molar-refractivity contribution in [1.29, 1.82) is 0 Å². The number of rotatable bonds is 2. The maximum atomic E-state index is 6.41. The minimum absolute atomic E-state index is 0.923. The van der Waals surface area contributed by atoms with Crippen LogP contribution < -0.4 is 0 Å². The molecule has 198 valence electrons. The zero-order valence-corrected chi connectivity index (χ0v) is 23.3. The average Bonchev–Trinajstić information content (AvgIpc) is 3.47. The molecule has 0 bridgehead atoms. The Balaban J connectivity index is 1.30. The van der Waals surface area contributed by atoms with E-state index < -0.39 is 0 Å². The van der Waals surface area contributed by atoms with Crippen LogP contribution in [0.15, 0.2) is 150 Å². The normalized spacial score (nSPS) is 12.2. The van der Waals surface area contributed by atoms with Gasteiger partial charge in [-0.05, 0) is 94.8 Å². The predicted molar refractivity (Wildman–Crippen MR) is 183 cm³/mol. The maximum Gasteiger partial charge on any atom is 0.143 e. The van der Waals surface area contributed by atoms with Gasteiger partial charge in [-0.3, -0.25) is 0 Å². The second-order valence-electron chi connectivity index (χ2n) is 11.6. The lowest BCUT2D eigenvalue weighted by molar-refractivity contribution is 0.670. The molecule has 43 heavy (non-hydrogen) atoms. The molecule has 0 unspecified atom stereocenters. The van der Waals surface area contributed by atoms with E-state index in [1.165, 1.54) is 65.0 Å². The Bertz CT molecular complexity index is 2620. The van der Waals surface area contributed by atoms with Crippen LogP contribution in [0.4, 0.5) is 0 Å². The molecule has 0 saturated carbocycles. The highest BCUT2D eigenvalue weighted by Crippen LogP contribution is 2.46. The van der Waals surface area contributed by atoms with Crippen LogP contribution in [-0.2, 0) is 0 Å². The molecule has 1 aromatic heterocycles. The Hall–Kier alpha value is -5.66. The van der Waals surface area contributed by atoms with E-state index in [9.17, 15) is 0 Å². The fourth-order valence-electron chi connectivity index (χ4n) is 7.52. The van der Waals surface area contributed by atoms with Gasteiger partial charge in [0.2, 0.25) is 0 Å². The molecule has 0 atom stereocenters. The Morgan fingerprint density at radius 1 is 0.302 bits per heavy atom. The molecule has 9 aromatic carbocycles. The van der Waals surface area contributed by atoms with Gasteiger partial charge in [-0.1, -0.05) is 121 Å². The van der Waals surface area contributed by atoms with Crippen LogP contribution in [0.1, 0.15) is 0 Å². The van der Waals surface area contributed by atoms with Gasteiger partial charge in [0.1, 0.15) is 11.2 Å². The summed E-state index contributed by atoms with van der Waals surface area (Å²) in [4.78, 5) is 0. The van der Waals surface area contributed by atoms with Gasteiger partial charge >= 0.3 is 0 Å². The van der Waals surface area contributed by atoms with Crippen molar-refractivity contribution in [3.8, 4) is 22.3 Å². The summed E-state index contributed by atoms with van der Waals surface area (Å²) in [6, 6.07) is 53.0. The van der Waals surface area contributed by atoms with Crippen molar-refractivity contribution >= 4 is 75.8 Å². The SMILES string of the molecule is c1cc(-c2cc3c4ccccc4c4cccc5c6ccccc6c(c2)c3c45)cc(-c2cccc3c2oc2ccccc23)c1. The van der Waals surface area contributed by atoms with Gasteiger partial charge in [-0.15, -0.1) is 0 Å². The van der Waals surface area contributed by atoms with Crippen LogP contribution >= 0.6 is 0 Å². The molecule has 0 N–H and O–H groups in total. The maximum absolute atomic E-state index is 6.41. The molecule has 10 rings (SSSR count). The Morgan fingerprint density at radius 3 is 1.49 bits per heavy atom. The molecule has 0 fully saturated rings. The van der Waals surface area contributed by atoms with E-state index in [4.69, 9.17) is 4.42 Å². The second kappa shape index (κ2) is 8.44. The van der Waals surface area contributed by atoms with Crippen LogP contribution in [0.25, 0.3) is 98.1 Å².